The molecule has 100 valence electrons. The van der Waals surface area contributed by atoms with E-state index in [1.54, 1.807) is 0 Å². The lowest BCUT2D eigenvalue weighted by Gasteiger charge is -2.20. The fourth-order valence-corrected chi connectivity index (χ4v) is 3.51. The first-order valence-electron chi connectivity index (χ1n) is 4.26. The average molecular weight is 287 g/mol. The van der Waals surface area contributed by atoms with Crippen LogP contribution in [0.15, 0.2) is 12.2 Å². The van der Waals surface area contributed by atoms with Crippen molar-refractivity contribution in [2.45, 2.75) is 12.2 Å². The first-order chi connectivity index (χ1) is 7.36. The summed E-state index contributed by atoms with van der Waals surface area (Å²) in [5.74, 6) is -3.42. The van der Waals surface area contributed by atoms with Gasteiger partial charge in [0.15, 0.2) is 0 Å². The van der Waals surface area contributed by atoms with E-state index in [-0.39, 0.29) is 0 Å². The molecule has 0 aliphatic carbocycles. The third kappa shape index (κ3) is 5.26. The quantitative estimate of drug-likeness (QED) is 0.410. The molecular weight excluding hydrogens is 274 g/mol. The summed E-state index contributed by atoms with van der Waals surface area (Å²) in [7, 11) is -9.21. The van der Waals surface area contributed by atoms with Crippen LogP contribution in [0.25, 0.3) is 0 Å². The van der Waals surface area contributed by atoms with Gasteiger partial charge >= 0.3 is 0 Å². The summed E-state index contributed by atoms with van der Waals surface area (Å²) >= 11 is 0. The second-order valence-electron chi connectivity index (χ2n) is 3.55. The molecule has 0 aromatic carbocycles. The maximum absolute atomic E-state index is 11.0. The highest BCUT2D eigenvalue weighted by atomic mass is 32.2. The molecule has 4 N–H and O–H groups in total. The van der Waals surface area contributed by atoms with Crippen molar-refractivity contribution in [2.75, 3.05) is 5.75 Å². The second-order valence-corrected chi connectivity index (χ2v) is 6.59. The van der Waals surface area contributed by atoms with Gasteiger partial charge < -0.3 is 5.73 Å². The van der Waals surface area contributed by atoms with Gasteiger partial charge in [-0.2, -0.15) is 16.8 Å². The van der Waals surface area contributed by atoms with E-state index in [0.717, 1.165) is 6.92 Å². The molecule has 1 amide bonds. The Hall–Kier alpha value is -0.970. The van der Waals surface area contributed by atoms with Gasteiger partial charge in [0.2, 0.25) is 5.91 Å². The smallest absolute Gasteiger partial charge is 0.272 e. The third-order valence-corrected chi connectivity index (χ3v) is 4.31. The number of carbonyl (C=O) groups excluding carboxylic acids is 1. The fourth-order valence-electron chi connectivity index (χ4n) is 1.38. The predicted molar refractivity (Wildman–Crippen MR) is 59.3 cm³/mol. The van der Waals surface area contributed by atoms with Crippen LogP contribution in [-0.2, 0) is 25.0 Å². The summed E-state index contributed by atoms with van der Waals surface area (Å²) in [6.45, 7) is 4.19. The molecule has 17 heavy (non-hydrogen) atoms. The summed E-state index contributed by atoms with van der Waals surface area (Å²) in [6, 6.07) is 0. The zero-order chi connectivity index (χ0) is 14.0. The summed E-state index contributed by atoms with van der Waals surface area (Å²) in [5.41, 5.74) is 4.16. The van der Waals surface area contributed by atoms with Crippen LogP contribution in [0.2, 0.25) is 0 Å². The van der Waals surface area contributed by atoms with Crippen molar-refractivity contribution in [1.29, 1.82) is 0 Å². The lowest BCUT2D eigenvalue weighted by molar-refractivity contribution is -0.114. The molecule has 0 spiro atoms. The minimum absolute atomic E-state index is 0.649. The summed E-state index contributed by atoms with van der Waals surface area (Å²) in [4.78, 5) is 10.8. The Labute approximate surface area is 99.0 Å². The normalized spacial score (nSPS) is 16.2. The van der Waals surface area contributed by atoms with Crippen molar-refractivity contribution in [3.05, 3.63) is 12.2 Å². The molecule has 0 aromatic rings. The van der Waals surface area contributed by atoms with Crippen molar-refractivity contribution in [3.63, 3.8) is 0 Å². The molecule has 0 radical (unpaired) electrons. The van der Waals surface area contributed by atoms with E-state index in [0.29, 0.717) is 0 Å². The van der Waals surface area contributed by atoms with Gasteiger partial charge in [-0.05, 0) is 5.92 Å². The van der Waals surface area contributed by atoms with E-state index in [1.165, 1.54) is 0 Å². The molecule has 0 aliphatic rings. The van der Waals surface area contributed by atoms with Gasteiger partial charge in [-0.25, -0.2) is 0 Å². The summed E-state index contributed by atoms with van der Waals surface area (Å²) in [6.07, 6.45) is 0. The Balaban J connectivity index is 5.37. The van der Waals surface area contributed by atoms with Crippen LogP contribution in [0.4, 0.5) is 0 Å². The van der Waals surface area contributed by atoms with E-state index < -0.39 is 48.6 Å². The molecule has 0 saturated carbocycles. The molecule has 0 heterocycles. The second kappa shape index (κ2) is 5.12. The van der Waals surface area contributed by atoms with Crippen molar-refractivity contribution in [2.24, 2.45) is 11.7 Å². The van der Waals surface area contributed by atoms with Gasteiger partial charge in [0.05, 0.1) is 5.75 Å². The van der Waals surface area contributed by atoms with E-state index in [9.17, 15) is 21.6 Å². The van der Waals surface area contributed by atoms with Crippen molar-refractivity contribution in [3.8, 4) is 0 Å². The van der Waals surface area contributed by atoms with Gasteiger partial charge in [-0.3, -0.25) is 13.9 Å². The Morgan fingerprint density at radius 3 is 1.94 bits per heavy atom. The largest absolute Gasteiger partial charge is 0.366 e. The van der Waals surface area contributed by atoms with Gasteiger partial charge in [0, 0.05) is 5.57 Å². The fraction of sp³-hybridized carbons (Fsp3) is 0.571. The number of hydrogen-bond donors (Lipinski definition) is 3. The topological polar surface area (TPSA) is 152 Å². The molecule has 0 bridgehead atoms. The van der Waals surface area contributed by atoms with E-state index in [2.05, 4.69) is 6.58 Å². The van der Waals surface area contributed by atoms with Gasteiger partial charge in [-0.15, -0.1) is 0 Å². The van der Waals surface area contributed by atoms with Crippen LogP contribution in [0, 0.1) is 5.92 Å². The van der Waals surface area contributed by atoms with Crippen LogP contribution in [0.3, 0.4) is 0 Å². The zero-order valence-electron chi connectivity index (χ0n) is 8.90. The summed E-state index contributed by atoms with van der Waals surface area (Å²) < 4.78 is 60.7. The maximum Gasteiger partial charge on any atom is 0.272 e. The SMILES string of the molecule is C=C(C(N)=O)C(C(C)CS(=O)(=O)O)S(=O)(=O)O. The monoisotopic (exact) mass is 287 g/mol. The molecule has 0 aromatic heterocycles. The molecule has 2 atom stereocenters. The van der Waals surface area contributed by atoms with Crippen LogP contribution in [0.1, 0.15) is 6.92 Å². The first-order valence-corrected chi connectivity index (χ1v) is 7.37. The molecule has 10 heteroatoms. The van der Waals surface area contributed by atoms with Gasteiger partial charge in [0.25, 0.3) is 20.2 Å². The number of primary amides is 1. The van der Waals surface area contributed by atoms with Crippen LogP contribution in [0.5, 0.6) is 0 Å². The molecule has 0 rings (SSSR count). The van der Waals surface area contributed by atoms with Crippen LogP contribution in [-0.4, -0.2) is 42.9 Å². The lowest BCUT2D eigenvalue weighted by Crippen LogP contribution is -2.37. The Morgan fingerprint density at radius 2 is 1.71 bits per heavy atom. The number of hydrogen-bond acceptors (Lipinski definition) is 5. The Morgan fingerprint density at radius 1 is 1.29 bits per heavy atom. The Kier molecular flexibility index (Phi) is 4.83. The maximum atomic E-state index is 11.0. The number of amides is 1. The highest BCUT2D eigenvalue weighted by molar-refractivity contribution is 7.87. The molecule has 8 nitrogen and oxygen atoms in total. The lowest BCUT2D eigenvalue weighted by atomic mass is 10.0. The average Bonchev–Trinajstić information content (AvgIpc) is 1.96. The number of rotatable bonds is 6. The highest BCUT2D eigenvalue weighted by Crippen LogP contribution is 2.20. The third-order valence-electron chi connectivity index (χ3n) is 1.97. The van der Waals surface area contributed by atoms with E-state index in [1.807, 2.05) is 0 Å². The van der Waals surface area contributed by atoms with Gasteiger partial charge in [-0.1, -0.05) is 13.5 Å². The number of carbonyl (C=O) groups is 1. The number of nitrogens with two attached hydrogens (primary N) is 1. The van der Waals surface area contributed by atoms with Crippen LogP contribution >= 0.6 is 0 Å². The molecule has 2 unspecified atom stereocenters. The minimum atomic E-state index is -4.76. The van der Waals surface area contributed by atoms with E-state index in [4.69, 9.17) is 14.8 Å². The standard InChI is InChI=1S/C7H13NO7S2/c1-4(3-16(10,11)12)6(17(13,14)15)5(2)7(8)9/h4,6H,2-3H2,1H3,(H2,8,9)(H,10,11,12)(H,13,14,15). The molecule has 0 aliphatic heterocycles. The highest BCUT2D eigenvalue weighted by Gasteiger charge is 2.36. The Bertz CT molecular complexity index is 518. The molecule has 0 fully saturated rings. The van der Waals surface area contributed by atoms with Crippen LogP contribution < -0.4 is 5.73 Å². The van der Waals surface area contributed by atoms with Gasteiger partial charge in [0.1, 0.15) is 5.25 Å². The molecular formula is C7H13NO7S2. The molecule has 0 saturated heterocycles. The zero-order valence-corrected chi connectivity index (χ0v) is 10.5. The van der Waals surface area contributed by atoms with E-state index >= 15 is 0 Å². The summed E-state index contributed by atoms with van der Waals surface area (Å²) in [5, 5.41) is -1.87. The van der Waals surface area contributed by atoms with Crippen molar-refractivity contribution < 1.29 is 30.7 Å². The van der Waals surface area contributed by atoms with Crippen molar-refractivity contribution in [1.82, 2.24) is 0 Å². The van der Waals surface area contributed by atoms with Crippen molar-refractivity contribution >= 4 is 26.1 Å². The first kappa shape index (κ1) is 16.0. The predicted octanol–water partition coefficient (Wildman–Crippen LogP) is -1.19. The minimum Gasteiger partial charge on any atom is -0.366 e.